The van der Waals surface area contributed by atoms with Crippen molar-refractivity contribution in [2.24, 2.45) is 0 Å². The fraction of sp³-hybridized carbons (Fsp3) is 0.471. The lowest BCUT2D eigenvalue weighted by molar-refractivity contribution is 0.591. The number of hydrogen-bond acceptors (Lipinski definition) is 4. The second-order valence-corrected chi connectivity index (χ2v) is 6.99. The predicted molar refractivity (Wildman–Crippen MR) is 90.6 cm³/mol. The zero-order valence-electron chi connectivity index (χ0n) is 13.0. The van der Waals surface area contributed by atoms with Crippen molar-refractivity contribution in [2.75, 3.05) is 11.4 Å². The van der Waals surface area contributed by atoms with Gasteiger partial charge in [0, 0.05) is 29.7 Å². The molecular weight excluding hydrogens is 278 g/mol. The molecule has 0 spiro atoms. The maximum Gasteiger partial charge on any atom is 0.190 e. The van der Waals surface area contributed by atoms with Crippen molar-refractivity contribution in [3.8, 4) is 0 Å². The van der Waals surface area contributed by atoms with Crippen LogP contribution in [-0.4, -0.2) is 17.6 Å². The minimum absolute atomic E-state index is 0.505. The van der Waals surface area contributed by atoms with Crippen molar-refractivity contribution in [1.29, 1.82) is 0 Å². The summed E-state index contributed by atoms with van der Waals surface area (Å²) in [6.45, 7) is 8.46. The lowest BCUT2D eigenvalue weighted by Crippen LogP contribution is -2.24. The first-order valence-corrected chi connectivity index (χ1v) is 8.52. The van der Waals surface area contributed by atoms with Gasteiger partial charge in [-0.05, 0) is 31.4 Å². The molecule has 1 aromatic heterocycles. The van der Waals surface area contributed by atoms with Gasteiger partial charge in [-0.3, -0.25) is 0 Å². The largest absolute Gasteiger partial charge is 0.318 e. The highest BCUT2D eigenvalue weighted by Gasteiger charge is 2.21. The van der Waals surface area contributed by atoms with Crippen LogP contribution in [0.25, 0.3) is 0 Å². The predicted octanol–water partition coefficient (Wildman–Crippen LogP) is 4.03. The van der Waals surface area contributed by atoms with E-state index < -0.39 is 0 Å². The van der Waals surface area contributed by atoms with Crippen LogP contribution < -0.4 is 10.2 Å². The Kier molecular flexibility index (Phi) is 4.27. The number of rotatable bonds is 4. The van der Waals surface area contributed by atoms with Gasteiger partial charge >= 0.3 is 0 Å². The zero-order valence-corrected chi connectivity index (χ0v) is 13.8. The van der Waals surface area contributed by atoms with Gasteiger partial charge in [0.2, 0.25) is 0 Å². The number of benzene rings is 1. The first-order chi connectivity index (χ1) is 10.1. The maximum atomic E-state index is 4.82. The molecule has 0 amide bonds. The summed E-state index contributed by atoms with van der Waals surface area (Å²) >= 11 is 1.82. The molecule has 0 aliphatic carbocycles. The van der Waals surface area contributed by atoms with Gasteiger partial charge in [-0.2, -0.15) is 0 Å². The smallest absolute Gasteiger partial charge is 0.190 e. The number of nitrogens with zero attached hydrogens (tertiary/aromatic N) is 2. The number of thiazole rings is 1. The molecule has 0 radical (unpaired) electrons. The summed E-state index contributed by atoms with van der Waals surface area (Å²) in [4.78, 5) is 8.55. The molecule has 2 heterocycles. The number of hydrogen-bond donors (Lipinski definition) is 1. The van der Waals surface area contributed by atoms with E-state index >= 15 is 0 Å². The van der Waals surface area contributed by atoms with E-state index in [0.717, 1.165) is 23.9 Å². The van der Waals surface area contributed by atoms with Gasteiger partial charge in [0.05, 0.1) is 5.69 Å². The van der Waals surface area contributed by atoms with Crippen molar-refractivity contribution in [1.82, 2.24) is 10.3 Å². The molecule has 1 aliphatic rings. The van der Waals surface area contributed by atoms with E-state index in [1.807, 2.05) is 11.3 Å². The van der Waals surface area contributed by atoms with Crippen LogP contribution in [0.2, 0.25) is 0 Å². The average molecular weight is 301 g/mol. The van der Waals surface area contributed by atoms with Crippen LogP contribution in [0, 0.1) is 6.92 Å². The Morgan fingerprint density at radius 1 is 1.33 bits per heavy atom. The Labute approximate surface area is 131 Å². The van der Waals surface area contributed by atoms with E-state index in [4.69, 9.17) is 4.98 Å². The van der Waals surface area contributed by atoms with Crippen molar-refractivity contribution in [3.05, 3.63) is 40.4 Å². The zero-order chi connectivity index (χ0) is 14.8. The molecule has 0 fully saturated rings. The topological polar surface area (TPSA) is 28.2 Å². The molecule has 0 atom stereocenters. The summed E-state index contributed by atoms with van der Waals surface area (Å²) in [5, 5.41) is 4.63. The third-order valence-electron chi connectivity index (χ3n) is 3.89. The van der Waals surface area contributed by atoms with Crippen molar-refractivity contribution >= 4 is 22.2 Å². The number of fused-ring (bicyclic) bond motifs is 1. The molecule has 1 aromatic carbocycles. The fourth-order valence-corrected chi connectivity index (χ4v) is 3.77. The number of aromatic nitrogens is 1. The minimum atomic E-state index is 0.505. The summed E-state index contributed by atoms with van der Waals surface area (Å²) in [5.74, 6) is 0. The van der Waals surface area contributed by atoms with Gasteiger partial charge < -0.3 is 10.2 Å². The molecule has 0 saturated carbocycles. The summed E-state index contributed by atoms with van der Waals surface area (Å²) < 4.78 is 0. The Bertz CT molecular complexity index is 618. The van der Waals surface area contributed by atoms with Crippen LogP contribution in [-0.2, 0) is 13.0 Å². The Morgan fingerprint density at radius 2 is 2.14 bits per heavy atom. The van der Waals surface area contributed by atoms with Crippen molar-refractivity contribution in [2.45, 2.75) is 46.2 Å². The van der Waals surface area contributed by atoms with Crippen LogP contribution >= 0.6 is 11.3 Å². The maximum absolute atomic E-state index is 4.82. The Hall–Kier alpha value is -1.39. The molecule has 1 N–H and O–H groups in total. The molecule has 0 unspecified atom stereocenters. The van der Waals surface area contributed by atoms with Crippen molar-refractivity contribution < 1.29 is 0 Å². The lowest BCUT2D eigenvalue weighted by atomic mass is 10.0. The first kappa shape index (κ1) is 14.5. The molecule has 1 aliphatic heterocycles. The summed E-state index contributed by atoms with van der Waals surface area (Å²) in [6, 6.07) is 9.22. The molecule has 2 aromatic rings. The molecule has 3 rings (SSSR count). The highest BCUT2D eigenvalue weighted by molar-refractivity contribution is 7.15. The van der Waals surface area contributed by atoms with E-state index in [1.54, 1.807) is 0 Å². The number of aryl methyl sites for hydroxylation is 2. The van der Waals surface area contributed by atoms with E-state index in [1.165, 1.54) is 29.0 Å². The summed E-state index contributed by atoms with van der Waals surface area (Å²) in [7, 11) is 0. The number of nitrogens with one attached hydrogen (secondary N) is 1. The van der Waals surface area contributed by atoms with Gasteiger partial charge in [0.1, 0.15) is 0 Å². The van der Waals surface area contributed by atoms with Gasteiger partial charge in [0.25, 0.3) is 0 Å². The second-order valence-electron chi connectivity index (χ2n) is 5.92. The van der Waals surface area contributed by atoms with Crippen LogP contribution in [0.5, 0.6) is 0 Å². The first-order valence-electron chi connectivity index (χ1n) is 7.70. The van der Waals surface area contributed by atoms with E-state index in [2.05, 4.69) is 55.3 Å². The van der Waals surface area contributed by atoms with E-state index in [-0.39, 0.29) is 0 Å². The standard InChI is InChI=1S/C17H23N3S/c1-12(2)18-11-16-13(3)19-17(21-16)20-10-6-8-14-7-4-5-9-15(14)20/h4-5,7,9,12,18H,6,8,10-11H2,1-3H3. The highest BCUT2D eigenvalue weighted by atomic mass is 32.1. The van der Waals surface area contributed by atoms with Crippen LogP contribution in [0.1, 0.15) is 36.4 Å². The molecule has 0 saturated heterocycles. The minimum Gasteiger partial charge on any atom is -0.318 e. The lowest BCUT2D eigenvalue weighted by Gasteiger charge is -2.28. The van der Waals surface area contributed by atoms with E-state index in [9.17, 15) is 0 Å². The SMILES string of the molecule is Cc1nc(N2CCCc3ccccc32)sc1CNC(C)C. The van der Waals surface area contributed by atoms with Crippen LogP contribution in [0.15, 0.2) is 24.3 Å². The van der Waals surface area contributed by atoms with Gasteiger partial charge in [-0.25, -0.2) is 4.98 Å². The van der Waals surface area contributed by atoms with Crippen molar-refractivity contribution in [3.63, 3.8) is 0 Å². The molecule has 4 heteroatoms. The summed E-state index contributed by atoms with van der Waals surface area (Å²) in [5.41, 5.74) is 3.94. The highest BCUT2D eigenvalue weighted by Crippen LogP contribution is 2.36. The van der Waals surface area contributed by atoms with Crippen LogP contribution in [0.3, 0.4) is 0 Å². The Balaban J connectivity index is 1.87. The number of para-hydroxylation sites is 1. The molecule has 3 nitrogen and oxygen atoms in total. The fourth-order valence-electron chi connectivity index (χ4n) is 2.72. The van der Waals surface area contributed by atoms with Crippen LogP contribution in [0.4, 0.5) is 10.8 Å². The quantitative estimate of drug-likeness (QED) is 0.924. The average Bonchev–Trinajstić information content (AvgIpc) is 2.85. The van der Waals surface area contributed by atoms with E-state index in [0.29, 0.717) is 6.04 Å². The number of anilines is 2. The molecule has 0 bridgehead atoms. The summed E-state index contributed by atoms with van der Waals surface area (Å²) in [6.07, 6.45) is 2.38. The Morgan fingerprint density at radius 3 is 2.95 bits per heavy atom. The van der Waals surface area contributed by atoms with Gasteiger partial charge in [-0.1, -0.05) is 43.4 Å². The third kappa shape index (κ3) is 3.11. The third-order valence-corrected chi connectivity index (χ3v) is 5.07. The van der Waals surface area contributed by atoms with Gasteiger partial charge in [-0.15, -0.1) is 0 Å². The monoisotopic (exact) mass is 301 g/mol. The molecule has 21 heavy (non-hydrogen) atoms. The normalized spacial score (nSPS) is 14.6. The molecule has 112 valence electrons. The second kappa shape index (κ2) is 6.16. The molecular formula is C17H23N3S. The van der Waals surface area contributed by atoms with Gasteiger partial charge in [0.15, 0.2) is 5.13 Å².